The number of nitrogens with zero attached hydrogens (tertiary/aromatic N) is 1. The second kappa shape index (κ2) is 8.90. The van der Waals surface area contributed by atoms with Gasteiger partial charge in [0.15, 0.2) is 0 Å². The number of benzene rings is 1. The molecule has 1 aromatic carbocycles. The van der Waals surface area contributed by atoms with Gasteiger partial charge < -0.3 is 9.84 Å². The van der Waals surface area contributed by atoms with Gasteiger partial charge in [-0.2, -0.15) is 0 Å². The molecule has 0 saturated heterocycles. The van der Waals surface area contributed by atoms with Gasteiger partial charge in [-0.05, 0) is 42.8 Å². The number of imide groups is 1. The van der Waals surface area contributed by atoms with E-state index in [2.05, 4.69) is 11.6 Å². The molecule has 160 valence electrons. The van der Waals surface area contributed by atoms with E-state index in [-0.39, 0.29) is 0 Å². The molecular formula is C22H32N2O4S. The largest absolute Gasteiger partial charge is 0.465 e. The lowest BCUT2D eigenvalue weighted by Gasteiger charge is -2.55. The maximum absolute atomic E-state index is 12.6. The summed E-state index contributed by atoms with van der Waals surface area (Å²) in [5.41, 5.74) is -2.43. The first-order chi connectivity index (χ1) is 13.5. The first-order valence-corrected chi connectivity index (χ1v) is 10.6. The Hall–Kier alpha value is -1.83. The van der Waals surface area contributed by atoms with Gasteiger partial charge in [0.1, 0.15) is 0 Å². The number of ether oxygens (including phenoxy) is 1. The van der Waals surface area contributed by atoms with Gasteiger partial charge in [-0.1, -0.05) is 58.4 Å². The number of carboxylic acid groups (broad SMARTS) is 1. The zero-order valence-corrected chi connectivity index (χ0v) is 18.9. The van der Waals surface area contributed by atoms with Crippen LogP contribution in [-0.4, -0.2) is 46.3 Å². The molecule has 0 fully saturated rings. The standard InChI is InChI=1S/C22H32N2O4S/c1-7-14-21(5,28-6)18(23-29-16-11-9-8-10-12-16)22(20(2,3)4)15-13-17(25)24(22)19(26)27/h8-13,15,18,23H,7,14H2,1-6H3,(H,26,27)/t18-,21-,22-/m0/s1. The van der Waals surface area contributed by atoms with Gasteiger partial charge in [-0.15, -0.1) is 0 Å². The zero-order valence-electron chi connectivity index (χ0n) is 18.1. The van der Waals surface area contributed by atoms with Crippen LogP contribution in [-0.2, 0) is 9.53 Å². The van der Waals surface area contributed by atoms with E-state index in [9.17, 15) is 14.7 Å². The Kier molecular flexibility index (Phi) is 7.19. The van der Waals surface area contributed by atoms with Gasteiger partial charge >= 0.3 is 6.09 Å². The molecule has 2 N–H and O–H groups in total. The fourth-order valence-corrected chi connectivity index (χ4v) is 5.16. The molecule has 0 saturated carbocycles. The minimum atomic E-state index is -1.26. The Morgan fingerprint density at radius 1 is 1.28 bits per heavy atom. The van der Waals surface area contributed by atoms with Crippen molar-refractivity contribution in [1.82, 2.24) is 9.62 Å². The predicted octanol–water partition coefficient (Wildman–Crippen LogP) is 4.72. The fourth-order valence-electron chi connectivity index (χ4n) is 4.18. The van der Waals surface area contributed by atoms with Crippen molar-refractivity contribution in [1.29, 1.82) is 0 Å². The van der Waals surface area contributed by atoms with Crippen molar-refractivity contribution in [2.24, 2.45) is 5.41 Å². The molecule has 6 nitrogen and oxygen atoms in total. The molecular weight excluding hydrogens is 388 g/mol. The van der Waals surface area contributed by atoms with Gasteiger partial charge in [0.2, 0.25) is 0 Å². The van der Waals surface area contributed by atoms with Crippen LogP contribution in [0.1, 0.15) is 47.5 Å². The molecule has 0 radical (unpaired) electrons. The molecule has 2 rings (SSSR count). The summed E-state index contributed by atoms with van der Waals surface area (Å²) in [4.78, 5) is 26.8. The van der Waals surface area contributed by atoms with E-state index in [0.717, 1.165) is 16.2 Å². The Morgan fingerprint density at radius 3 is 2.38 bits per heavy atom. The molecule has 0 aliphatic carbocycles. The Bertz CT molecular complexity index is 762. The highest BCUT2D eigenvalue weighted by molar-refractivity contribution is 7.97. The molecule has 3 atom stereocenters. The molecule has 1 aliphatic rings. The van der Waals surface area contributed by atoms with Crippen LogP contribution in [0, 0.1) is 5.41 Å². The van der Waals surface area contributed by atoms with Crippen molar-refractivity contribution < 1.29 is 19.4 Å². The molecule has 1 aliphatic heterocycles. The van der Waals surface area contributed by atoms with E-state index < -0.39 is 34.6 Å². The number of hydrogen-bond acceptors (Lipinski definition) is 5. The first kappa shape index (κ1) is 23.4. The van der Waals surface area contributed by atoms with Crippen molar-refractivity contribution in [3.8, 4) is 0 Å². The van der Waals surface area contributed by atoms with Gasteiger partial charge in [-0.25, -0.2) is 9.69 Å². The smallest absolute Gasteiger partial charge is 0.415 e. The van der Waals surface area contributed by atoms with Crippen LogP contribution < -0.4 is 4.72 Å². The lowest BCUT2D eigenvalue weighted by atomic mass is 9.64. The SMILES string of the molecule is CCC[C@](C)(OC)[C@H](NSc1ccccc1)[C@]1(C(C)(C)C)C=CC(=O)N1C(=O)O. The number of nitrogens with one attached hydrogen (secondary N) is 1. The van der Waals surface area contributed by atoms with Crippen molar-refractivity contribution in [2.45, 2.75) is 69.5 Å². The van der Waals surface area contributed by atoms with E-state index in [1.54, 1.807) is 13.2 Å². The summed E-state index contributed by atoms with van der Waals surface area (Å²) < 4.78 is 9.47. The van der Waals surface area contributed by atoms with Crippen LogP contribution >= 0.6 is 11.9 Å². The first-order valence-electron chi connectivity index (χ1n) is 9.82. The number of methoxy groups -OCH3 is 1. The van der Waals surface area contributed by atoms with Crippen molar-refractivity contribution in [3.05, 3.63) is 42.5 Å². The number of amides is 2. The van der Waals surface area contributed by atoms with E-state index in [1.807, 2.05) is 58.0 Å². The number of rotatable bonds is 8. The Labute approximate surface area is 177 Å². The third kappa shape index (κ3) is 4.37. The molecule has 0 aromatic heterocycles. The maximum Gasteiger partial charge on any atom is 0.415 e. The third-order valence-electron chi connectivity index (χ3n) is 5.76. The second-order valence-electron chi connectivity index (χ2n) is 8.60. The minimum absolute atomic E-state index is 0.496. The summed E-state index contributed by atoms with van der Waals surface area (Å²) >= 11 is 1.42. The normalized spacial score (nSPS) is 22.6. The van der Waals surface area contributed by atoms with Crippen molar-refractivity contribution in [3.63, 3.8) is 0 Å². The number of hydrogen-bond donors (Lipinski definition) is 2. The summed E-state index contributed by atoms with van der Waals surface area (Å²) in [6.07, 6.45) is 3.39. The highest BCUT2D eigenvalue weighted by Gasteiger charge is 2.62. The van der Waals surface area contributed by atoms with E-state index in [1.165, 1.54) is 18.0 Å². The van der Waals surface area contributed by atoms with E-state index in [4.69, 9.17) is 4.74 Å². The molecule has 29 heavy (non-hydrogen) atoms. The zero-order chi connectivity index (χ0) is 21.9. The highest BCUT2D eigenvalue weighted by Crippen LogP contribution is 2.48. The molecule has 0 bridgehead atoms. The van der Waals surface area contributed by atoms with Crippen LogP contribution in [0.15, 0.2) is 47.4 Å². The summed E-state index contributed by atoms with van der Waals surface area (Å²) in [5.74, 6) is -0.529. The molecule has 7 heteroatoms. The summed E-state index contributed by atoms with van der Waals surface area (Å²) in [5, 5.41) is 9.97. The molecule has 1 heterocycles. The van der Waals surface area contributed by atoms with Crippen LogP contribution in [0.3, 0.4) is 0 Å². The summed E-state index contributed by atoms with van der Waals surface area (Å²) in [6.45, 7) is 9.90. The molecule has 1 aromatic rings. The quantitative estimate of drug-likeness (QED) is 0.593. The number of carbonyl (C=O) groups is 2. The van der Waals surface area contributed by atoms with Gasteiger partial charge in [0, 0.05) is 18.1 Å². The highest BCUT2D eigenvalue weighted by atomic mass is 32.2. The van der Waals surface area contributed by atoms with Crippen molar-refractivity contribution >= 4 is 23.9 Å². The lowest BCUT2D eigenvalue weighted by molar-refractivity contribution is -0.136. The predicted molar refractivity (Wildman–Crippen MR) is 116 cm³/mol. The third-order valence-corrected chi connectivity index (χ3v) is 6.63. The molecule has 0 unspecified atom stereocenters. The van der Waals surface area contributed by atoms with E-state index >= 15 is 0 Å². The van der Waals surface area contributed by atoms with E-state index in [0.29, 0.717) is 6.42 Å². The Balaban J connectivity index is 2.63. The Morgan fingerprint density at radius 2 is 1.90 bits per heavy atom. The van der Waals surface area contributed by atoms with Gasteiger partial charge in [-0.3, -0.25) is 9.52 Å². The molecule has 2 amide bonds. The average Bonchev–Trinajstić information content (AvgIpc) is 3.01. The molecule has 0 spiro atoms. The van der Waals surface area contributed by atoms with Crippen LogP contribution in [0.2, 0.25) is 0 Å². The van der Waals surface area contributed by atoms with Crippen molar-refractivity contribution in [2.75, 3.05) is 7.11 Å². The number of carbonyl (C=O) groups excluding carboxylic acids is 1. The monoisotopic (exact) mass is 420 g/mol. The minimum Gasteiger partial charge on any atom is -0.465 e. The lowest BCUT2D eigenvalue weighted by Crippen LogP contribution is -2.72. The average molecular weight is 421 g/mol. The topological polar surface area (TPSA) is 78.9 Å². The summed E-state index contributed by atoms with van der Waals surface area (Å²) in [7, 11) is 1.64. The summed E-state index contributed by atoms with van der Waals surface area (Å²) in [6, 6.07) is 9.30. The second-order valence-corrected chi connectivity index (χ2v) is 9.51. The fraction of sp³-hybridized carbons (Fsp3) is 0.545. The van der Waals surface area contributed by atoms with Crippen LogP contribution in [0.25, 0.3) is 0 Å². The van der Waals surface area contributed by atoms with Crippen LogP contribution in [0.5, 0.6) is 0 Å². The van der Waals surface area contributed by atoms with Crippen LogP contribution in [0.4, 0.5) is 4.79 Å². The van der Waals surface area contributed by atoms with Gasteiger partial charge in [0.25, 0.3) is 5.91 Å². The maximum atomic E-state index is 12.6. The van der Waals surface area contributed by atoms with Gasteiger partial charge in [0.05, 0.1) is 17.2 Å².